The van der Waals surface area contributed by atoms with Crippen LogP contribution in [0.5, 0.6) is 0 Å². The minimum Gasteiger partial charge on any atom is -0.459 e. The normalized spacial score (nSPS) is 14.9. The van der Waals surface area contributed by atoms with Crippen molar-refractivity contribution < 1.29 is 35.9 Å². The first-order valence-corrected chi connectivity index (χ1v) is 4.78. The number of ether oxygens (including phenoxy) is 1. The highest BCUT2D eigenvalue weighted by Gasteiger charge is 2.61. The van der Waals surface area contributed by atoms with Crippen LogP contribution in [0.2, 0.25) is 0 Å². The molecule has 0 radical (unpaired) electrons. The van der Waals surface area contributed by atoms with Gasteiger partial charge in [0, 0.05) is 0 Å². The molecule has 2 N–H and O–H groups in total. The summed E-state index contributed by atoms with van der Waals surface area (Å²) in [6.07, 6.45) is -11.3. The summed E-state index contributed by atoms with van der Waals surface area (Å²) in [5.74, 6) is -5.69. The lowest BCUT2D eigenvalue weighted by Gasteiger charge is -2.29. The van der Waals surface area contributed by atoms with Crippen LogP contribution >= 0.6 is 12.4 Å². The third kappa shape index (κ3) is 6.86. The molecule has 3 nitrogen and oxygen atoms in total. The molecule has 0 fully saturated rings. The van der Waals surface area contributed by atoms with Crippen LogP contribution in [-0.4, -0.2) is 30.0 Å². The molecule has 0 aliphatic rings. The highest BCUT2D eigenvalue weighted by atomic mass is 35.5. The lowest BCUT2D eigenvalue weighted by Crippen LogP contribution is -2.54. The van der Waals surface area contributed by atoms with Crippen molar-refractivity contribution in [2.24, 2.45) is 11.7 Å². The second-order valence-electron chi connectivity index (χ2n) is 4.62. The Morgan fingerprint density at radius 3 is 1.53 bits per heavy atom. The predicted octanol–water partition coefficient (Wildman–Crippen LogP) is 2.82. The van der Waals surface area contributed by atoms with Crippen LogP contribution in [0.25, 0.3) is 0 Å². The maximum absolute atomic E-state index is 12.3. The van der Waals surface area contributed by atoms with Gasteiger partial charge in [0.25, 0.3) is 0 Å². The van der Waals surface area contributed by atoms with E-state index < -0.39 is 35.9 Å². The van der Waals surface area contributed by atoms with Crippen LogP contribution in [-0.2, 0) is 9.53 Å². The zero-order valence-corrected chi connectivity index (χ0v) is 11.0. The van der Waals surface area contributed by atoms with Gasteiger partial charge in [0.1, 0.15) is 11.6 Å². The van der Waals surface area contributed by atoms with E-state index in [4.69, 9.17) is 5.73 Å². The van der Waals surface area contributed by atoms with E-state index in [1.807, 2.05) is 0 Å². The van der Waals surface area contributed by atoms with Crippen LogP contribution in [0.1, 0.15) is 20.8 Å². The van der Waals surface area contributed by atoms with Gasteiger partial charge in [-0.05, 0) is 20.8 Å². The fourth-order valence-corrected chi connectivity index (χ4v) is 1.10. The molecule has 19 heavy (non-hydrogen) atoms. The molecule has 0 spiro atoms. The Morgan fingerprint density at radius 1 is 1.00 bits per heavy atom. The molecule has 0 saturated carbocycles. The van der Waals surface area contributed by atoms with Gasteiger partial charge in [-0.15, -0.1) is 12.4 Å². The molecule has 0 rings (SSSR count). The van der Waals surface area contributed by atoms with Crippen molar-refractivity contribution in [1.82, 2.24) is 0 Å². The van der Waals surface area contributed by atoms with Crippen molar-refractivity contribution in [2.75, 3.05) is 0 Å². The Morgan fingerprint density at radius 2 is 1.32 bits per heavy atom. The second-order valence-corrected chi connectivity index (χ2v) is 4.62. The van der Waals surface area contributed by atoms with Crippen molar-refractivity contribution in [3.63, 3.8) is 0 Å². The lowest BCUT2D eigenvalue weighted by molar-refractivity contribution is -0.290. The van der Waals surface area contributed by atoms with Gasteiger partial charge in [-0.25, -0.2) is 0 Å². The van der Waals surface area contributed by atoms with E-state index in [9.17, 15) is 31.1 Å². The molecule has 0 bridgehead atoms. The summed E-state index contributed by atoms with van der Waals surface area (Å²) < 4.78 is 77.9. The SMILES string of the molecule is CC(C)(C)OC(=O)C(N)C(C(F)(F)F)C(F)(F)F.Cl. The van der Waals surface area contributed by atoms with Crippen molar-refractivity contribution in [3.05, 3.63) is 0 Å². The topological polar surface area (TPSA) is 52.3 Å². The van der Waals surface area contributed by atoms with Gasteiger partial charge in [-0.1, -0.05) is 0 Å². The van der Waals surface area contributed by atoms with Gasteiger partial charge < -0.3 is 10.5 Å². The van der Waals surface area contributed by atoms with E-state index >= 15 is 0 Å². The van der Waals surface area contributed by atoms with Crippen LogP contribution in [0.3, 0.4) is 0 Å². The van der Waals surface area contributed by atoms with Gasteiger partial charge in [0.2, 0.25) is 0 Å². The first kappa shape index (κ1) is 20.6. The van der Waals surface area contributed by atoms with Crippen LogP contribution in [0, 0.1) is 5.92 Å². The first-order valence-electron chi connectivity index (χ1n) is 4.78. The van der Waals surface area contributed by atoms with Crippen molar-refractivity contribution >= 4 is 18.4 Å². The van der Waals surface area contributed by atoms with Gasteiger partial charge in [-0.3, -0.25) is 4.79 Å². The van der Waals surface area contributed by atoms with Crippen molar-refractivity contribution in [1.29, 1.82) is 0 Å². The molecule has 0 aromatic heterocycles. The van der Waals surface area contributed by atoms with Crippen LogP contribution in [0.15, 0.2) is 0 Å². The third-order valence-electron chi connectivity index (χ3n) is 1.74. The maximum Gasteiger partial charge on any atom is 0.402 e. The molecule has 10 heteroatoms. The molecule has 0 amide bonds. The van der Waals surface area contributed by atoms with E-state index in [1.165, 1.54) is 20.8 Å². The van der Waals surface area contributed by atoms with Gasteiger partial charge in [-0.2, -0.15) is 26.3 Å². The zero-order valence-electron chi connectivity index (χ0n) is 10.2. The van der Waals surface area contributed by atoms with Crippen LogP contribution in [0.4, 0.5) is 26.3 Å². The third-order valence-corrected chi connectivity index (χ3v) is 1.74. The zero-order chi connectivity index (χ0) is 14.9. The summed E-state index contributed by atoms with van der Waals surface area (Å²) in [6, 6.07) is -2.84. The molecule has 1 atom stereocenters. The van der Waals surface area contributed by atoms with E-state index in [2.05, 4.69) is 4.74 Å². The smallest absolute Gasteiger partial charge is 0.402 e. The predicted molar refractivity (Wildman–Crippen MR) is 56.7 cm³/mol. The Kier molecular flexibility index (Phi) is 6.69. The molecule has 1 unspecified atom stereocenters. The number of carbonyl (C=O) groups excluding carboxylic acids is 1. The number of carbonyl (C=O) groups is 1. The summed E-state index contributed by atoms with van der Waals surface area (Å²) >= 11 is 0. The number of rotatable bonds is 2. The van der Waals surface area contributed by atoms with Crippen molar-refractivity contribution in [3.8, 4) is 0 Å². The van der Waals surface area contributed by atoms with Gasteiger partial charge in [0.15, 0.2) is 5.92 Å². The molecule has 0 aromatic rings. The highest BCUT2D eigenvalue weighted by molar-refractivity contribution is 5.85. The molecular formula is C9H14ClF6NO2. The van der Waals surface area contributed by atoms with Crippen LogP contribution < -0.4 is 5.73 Å². The van der Waals surface area contributed by atoms with Gasteiger partial charge >= 0.3 is 18.3 Å². The fourth-order valence-electron chi connectivity index (χ4n) is 1.10. The number of halogens is 7. The number of alkyl halides is 6. The first-order chi connectivity index (χ1) is 7.66. The summed E-state index contributed by atoms with van der Waals surface area (Å²) in [5, 5.41) is 0. The summed E-state index contributed by atoms with van der Waals surface area (Å²) in [5.41, 5.74) is 3.50. The lowest BCUT2D eigenvalue weighted by atomic mass is 9.99. The molecule has 0 aromatic carbocycles. The number of hydrogen-bond acceptors (Lipinski definition) is 3. The maximum atomic E-state index is 12.3. The van der Waals surface area contributed by atoms with E-state index in [0.29, 0.717) is 0 Å². The number of hydrogen-bond donors (Lipinski definition) is 1. The van der Waals surface area contributed by atoms with E-state index in [-0.39, 0.29) is 12.4 Å². The fraction of sp³-hybridized carbons (Fsp3) is 0.889. The average molecular weight is 318 g/mol. The Balaban J connectivity index is 0. The highest BCUT2D eigenvalue weighted by Crippen LogP contribution is 2.41. The Hall–Kier alpha value is -0.700. The quantitative estimate of drug-likeness (QED) is 0.629. The molecule has 0 saturated heterocycles. The average Bonchev–Trinajstić information content (AvgIpc) is 1.93. The molecule has 0 heterocycles. The monoisotopic (exact) mass is 317 g/mol. The molecular weight excluding hydrogens is 304 g/mol. The summed E-state index contributed by atoms with van der Waals surface area (Å²) in [7, 11) is 0. The molecule has 0 aliphatic heterocycles. The van der Waals surface area contributed by atoms with E-state index in [0.717, 1.165) is 0 Å². The Labute approximate surface area is 111 Å². The summed E-state index contributed by atoms with van der Waals surface area (Å²) in [6.45, 7) is 3.90. The minimum atomic E-state index is -5.67. The molecule has 0 aliphatic carbocycles. The molecule has 116 valence electrons. The summed E-state index contributed by atoms with van der Waals surface area (Å²) in [4.78, 5) is 11.1. The largest absolute Gasteiger partial charge is 0.459 e. The number of nitrogens with two attached hydrogens (primary N) is 1. The van der Waals surface area contributed by atoms with E-state index in [1.54, 1.807) is 0 Å². The number of esters is 1. The Bertz CT molecular complexity index is 295. The minimum absolute atomic E-state index is 0. The van der Waals surface area contributed by atoms with Crippen molar-refractivity contribution in [2.45, 2.75) is 44.8 Å². The van der Waals surface area contributed by atoms with Gasteiger partial charge in [0.05, 0.1) is 0 Å². The second kappa shape index (κ2) is 6.17. The standard InChI is InChI=1S/C9H13F6NO2.ClH/c1-7(2,3)18-6(17)4(16)5(8(10,11)12)9(13,14)15;/h4-5H,16H2,1-3H3;1H.